The molecule has 2 N–H and O–H groups in total. The van der Waals surface area contributed by atoms with Crippen molar-refractivity contribution in [3.8, 4) is 5.75 Å². The van der Waals surface area contributed by atoms with E-state index in [2.05, 4.69) is 0 Å². The van der Waals surface area contributed by atoms with Crippen molar-refractivity contribution >= 4 is 16.7 Å². The number of hydrogen-bond acceptors (Lipinski definition) is 3. The second-order valence-corrected chi connectivity index (χ2v) is 6.08. The lowest BCUT2D eigenvalue weighted by Crippen LogP contribution is -2.31. The van der Waals surface area contributed by atoms with E-state index in [0.29, 0.717) is 31.1 Å². The molecule has 0 amide bonds. The number of aliphatic carboxylic acids is 1. The summed E-state index contributed by atoms with van der Waals surface area (Å²) in [6, 6.07) is 6.72. The molecule has 1 aliphatic rings. The van der Waals surface area contributed by atoms with Gasteiger partial charge in [-0.2, -0.15) is 0 Å². The standard InChI is InChI=1S/C17H19NO4/c1-10-8-12-9-14(19)6-7-15(12)16(20)18(10)13-4-2-11(3-5-13)17(21)22/h6-9,11,13,19H,2-5H2,1H3,(H,21,22). The zero-order valence-corrected chi connectivity index (χ0v) is 12.5. The van der Waals surface area contributed by atoms with Crippen molar-refractivity contribution in [2.24, 2.45) is 5.92 Å². The molecule has 0 atom stereocenters. The number of pyridine rings is 1. The van der Waals surface area contributed by atoms with E-state index in [1.165, 1.54) is 6.07 Å². The van der Waals surface area contributed by atoms with Gasteiger partial charge < -0.3 is 14.8 Å². The maximum Gasteiger partial charge on any atom is 0.306 e. The van der Waals surface area contributed by atoms with Crippen molar-refractivity contribution in [2.75, 3.05) is 0 Å². The first-order valence-electron chi connectivity index (χ1n) is 7.55. The van der Waals surface area contributed by atoms with Gasteiger partial charge in [-0.25, -0.2) is 0 Å². The van der Waals surface area contributed by atoms with Crippen LogP contribution in [-0.4, -0.2) is 20.7 Å². The van der Waals surface area contributed by atoms with Crippen LogP contribution in [-0.2, 0) is 4.79 Å². The minimum Gasteiger partial charge on any atom is -0.508 e. The summed E-state index contributed by atoms with van der Waals surface area (Å²) < 4.78 is 1.79. The number of phenols is 1. The first-order chi connectivity index (χ1) is 10.5. The van der Waals surface area contributed by atoms with E-state index in [0.717, 1.165) is 11.1 Å². The van der Waals surface area contributed by atoms with Crippen LogP contribution >= 0.6 is 0 Å². The zero-order chi connectivity index (χ0) is 15.9. The van der Waals surface area contributed by atoms with Gasteiger partial charge in [0.05, 0.1) is 5.92 Å². The fourth-order valence-corrected chi connectivity index (χ4v) is 3.48. The van der Waals surface area contributed by atoms with E-state index in [-0.39, 0.29) is 23.3 Å². The highest BCUT2D eigenvalue weighted by molar-refractivity contribution is 5.83. The number of rotatable bonds is 2. The van der Waals surface area contributed by atoms with Crippen LogP contribution in [0.4, 0.5) is 0 Å². The molecule has 5 heteroatoms. The molecule has 22 heavy (non-hydrogen) atoms. The van der Waals surface area contributed by atoms with Gasteiger partial charge in [-0.15, -0.1) is 0 Å². The van der Waals surface area contributed by atoms with Gasteiger partial charge in [0.15, 0.2) is 0 Å². The SMILES string of the molecule is Cc1cc2cc(O)ccc2c(=O)n1C1CCC(C(=O)O)CC1. The first kappa shape index (κ1) is 14.6. The van der Waals surface area contributed by atoms with E-state index >= 15 is 0 Å². The number of aromatic nitrogens is 1. The van der Waals surface area contributed by atoms with Gasteiger partial charge in [0.25, 0.3) is 5.56 Å². The van der Waals surface area contributed by atoms with E-state index in [1.807, 2.05) is 13.0 Å². The molecule has 0 bridgehead atoms. The summed E-state index contributed by atoms with van der Waals surface area (Å²) in [5, 5.41) is 19.9. The second kappa shape index (κ2) is 5.48. The van der Waals surface area contributed by atoms with Crippen LogP contribution in [0.2, 0.25) is 0 Å². The average Bonchev–Trinajstić information content (AvgIpc) is 2.47. The molecule has 1 fully saturated rings. The van der Waals surface area contributed by atoms with Crippen LogP contribution in [0.1, 0.15) is 37.4 Å². The molecule has 1 aliphatic carbocycles. The molecule has 1 heterocycles. The Hall–Kier alpha value is -2.30. The normalized spacial score (nSPS) is 21.9. The molecule has 0 unspecified atom stereocenters. The van der Waals surface area contributed by atoms with E-state index in [1.54, 1.807) is 16.7 Å². The summed E-state index contributed by atoms with van der Waals surface area (Å²) in [6.07, 6.45) is 2.64. The summed E-state index contributed by atoms with van der Waals surface area (Å²) in [6.45, 7) is 1.88. The molecule has 1 saturated carbocycles. The van der Waals surface area contributed by atoms with Crippen LogP contribution in [0.15, 0.2) is 29.1 Å². The van der Waals surface area contributed by atoms with Crippen molar-refractivity contribution in [1.29, 1.82) is 0 Å². The van der Waals surface area contributed by atoms with Gasteiger partial charge in [0.2, 0.25) is 0 Å². The topological polar surface area (TPSA) is 79.5 Å². The number of carboxylic acid groups (broad SMARTS) is 1. The Morgan fingerprint density at radius 3 is 2.50 bits per heavy atom. The molecule has 0 radical (unpaired) electrons. The Morgan fingerprint density at radius 2 is 1.86 bits per heavy atom. The molecule has 5 nitrogen and oxygen atoms in total. The Bertz CT molecular complexity index is 785. The number of benzene rings is 1. The number of nitrogens with zero attached hydrogens (tertiary/aromatic N) is 1. The predicted octanol–water partition coefficient (Wildman–Crippen LogP) is 2.83. The van der Waals surface area contributed by atoms with Crippen LogP contribution in [0.25, 0.3) is 10.8 Å². The lowest BCUT2D eigenvalue weighted by atomic mass is 9.85. The largest absolute Gasteiger partial charge is 0.508 e. The van der Waals surface area contributed by atoms with Gasteiger partial charge in [-0.1, -0.05) is 0 Å². The van der Waals surface area contributed by atoms with Gasteiger partial charge in [0, 0.05) is 17.1 Å². The third-order valence-electron chi connectivity index (χ3n) is 4.64. The third-order valence-corrected chi connectivity index (χ3v) is 4.64. The number of carboxylic acids is 1. The predicted molar refractivity (Wildman–Crippen MR) is 83.2 cm³/mol. The Kier molecular flexibility index (Phi) is 3.64. The fraction of sp³-hybridized carbons (Fsp3) is 0.412. The minimum absolute atomic E-state index is 0.0568. The first-order valence-corrected chi connectivity index (χ1v) is 7.55. The number of fused-ring (bicyclic) bond motifs is 1. The highest BCUT2D eigenvalue weighted by Crippen LogP contribution is 2.33. The summed E-state index contributed by atoms with van der Waals surface area (Å²) >= 11 is 0. The summed E-state index contributed by atoms with van der Waals surface area (Å²) in [7, 11) is 0. The van der Waals surface area contributed by atoms with Crippen molar-refractivity contribution < 1.29 is 15.0 Å². The van der Waals surface area contributed by atoms with E-state index in [4.69, 9.17) is 5.11 Å². The van der Waals surface area contributed by atoms with Crippen LogP contribution < -0.4 is 5.56 Å². The number of carbonyl (C=O) groups is 1. The van der Waals surface area contributed by atoms with Gasteiger partial charge >= 0.3 is 5.97 Å². The van der Waals surface area contributed by atoms with Crippen molar-refractivity contribution in [1.82, 2.24) is 4.57 Å². The molecule has 0 spiro atoms. The number of hydrogen-bond donors (Lipinski definition) is 2. The highest BCUT2D eigenvalue weighted by Gasteiger charge is 2.28. The minimum atomic E-state index is -0.739. The fourth-order valence-electron chi connectivity index (χ4n) is 3.48. The lowest BCUT2D eigenvalue weighted by Gasteiger charge is -2.29. The molecular weight excluding hydrogens is 282 g/mol. The monoisotopic (exact) mass is 301 g/mol. The molecule has 3 rings (SSSR count). The van der Waals surface area contributed by atoms with Crippen LogP contribution in [0.3, 0.4) is 0 Å². The van der Waals surface area contributed by atoms with Crippen LogP contribution in [0, 0.1) is 12.8 Å². The van der Waals surface area contributed by atoms with Crippen molar-refractivity contribution in [3.63, 3.8) is 0 Å². The van der Waals surface area contributed by atoms with Crippen molar-refractivity contribution in [3.05, 3.63) is 40.3 Å². The Labute approximate surface area is 127 Å². The number of aryl methyl sites for hydroxylation is 1. The Morgan fingerprint density at radius 1 is 1.18 bits per heavy atom. The maximum absolute atomic E-state index is 12.7. The van der Waals surface area contributed by atoms with Gasteiger partial charge in [-0.05, 0) is 62.3 Å². The number of phenolic OH excluding ortho intramolecular Hbond substituents is 1. The summed E-state index contributed by atoms with van der Waals surface area (Å²) in [5.74, 6) is -0.882. The molecule has 1 aromatic heterocycles. The third kappa shape index (κ3) is 2.47. The average molecular weight is 301 g/mol. The quantitative estimate of drug-likeness (QED) is 0.894. The molecule has 116 valence electrons. The van der Waals surface area contributed by atoms with E-state index in [9.17, 15) is 14.7 Å². The van der Waals surface area contributed by atoms with E-state index < -0.39 is 5.97 Å². The molecule has 0 aliphatic heterocycles. The molecule has 2 aromatic rings. The lowest BCUT2D eigenvalue weighted by molar-refractivity contribution is -0.143. The van der Waals surface area contributed by atoms with Crippen LogP contribution in [0.5, 0.6) is 5.75 Å². The maximum atomic E-state index is 12.7. The van der Waals surface area contributed by atoms with Gasteiger partial charge in [0.1, 0.15) is 5.75 Å². The Balaban J connectivity index is 2.00. The zero-order valence-electron chi connectivity index (χ0n) is 12.5. The molecule has 1 aromatic carbocycles. The van der Waals surface area contributed by atoms with Crippen molar-refractivity contribution in [2.45, 2.75) is 38.6 Å². The smallest absolute Gasteiger partial charge is 0.306 e. The molecular formula is C17H19NO4. The second-order valence-electron chi connectivity index (χ2n) is 6.08. The van der Waals surface area contributed by atoms with Gasteiger partial charge in [-0.3, -0.25) is 9.59 Å². The summed E-state index contributed by atoms with van der Waals surface area (Å²) in [5.41, 5.74) is 0.788. The highest BCUT2D eigenvalue weighted by atomic mass is 16.4. The summed E-state index contributed by atoms with van der Waals surface area (Å²) in [4.78, 5) is 23.8. The number of aromatic hydroxyl groups is 1. The molecule has 0 saturated heterocycles.